The summed E-state index contributed by atoms with van der Waals surface area (Å²) in [5, 5.41) is 13.0. The molecule has 1 aromatic carbocycles. The number of ketones is 1. The van der Waals surface area contributed by atoms with Crippen molar-refractivity contribution in [3.8, 4) is 0 Å². The summed E-state index contributed by atoms with van der Waals surface area (Å²) in [6.07, 6.45) is 12.9. The number of rotatable bonds is 12. The molecule has 1 atom stereocenters. The Labute approximate surface area is 174 Å². The van der Waals surface area contributed by atoms with Crippen LogP contribution in [0.3, 0.4) is 0 Å². The Morgan fingerprint density at radius 3 is 2.76 bits per heavy atom. The maximum Gasteiger partial charge on any atom is 0.219 e. The van der Waals surface area contributed by atoms with E-state index in [1.54, 1.807) is 0 Å². The molecule has 4 heteroatoms. The number of nitrogens with one attached hydrogen (secondary N) is 1. The summed E-state index contributed by atoms with van der Waals surface area (Å²) >= 11 is 0. The first-order valence-corrected chi connectivity index (χ1v) is 10.7. The van der Waals surface area contributed by atoms with Crippen LogP contribution in [-0.4, -0.2) is 29.4 Å². The van der Waals surface area contributed by atoms with Crippen molar-refractivity contribution in [3.05, 3.63) is 71.3 Å². The first kappa shape index (κ1) is 22.8. The molecular formula is C25H33NO3. The minimum Gasteiger partial charge on any atom is -0.389 e. The number of aliphatic hydroxyl groups excluding tert-OH is 1. The smallest absolute Gasteiger partial charge is 0.219 e. The topological polar surface area (TPSA) is 66.4 Å². The Morgan fingerprint density at radius 1 is 1.21 bits per heavy atom. The van der Waals surface area contributed by atoms with E-state index in [9.17, 15) is 14.7 Å². The highest BCUT2D eigenvalue weighted by Gasteiger charge is 2.20. The summed E-state index contributed by atoms with van der Waals surface area (Å²) in [6.45, 7) is 2.58. The molecule has 156 valence electrons. The van der Waals surface area contributed by atoms with Crippen LogP contribution in [0.4, 0.5) is 0 Å². The molecule has 0 fully saturated rings. The molecule has 1 aliphatic rings. The van der Waals surface area contributed by atoms with E-state index in [0.29, 0.717) is 32.2 Å². The Kier molecular flexibility index (Phi) is 10.1. The summed E-state index contributed by atoms with van der Waals surface area (Å²) in [5.41, 5.74) is 3.12. The second kappa shape index (κ2) is 12.9. The lowest BCUT2D eigenvalue weighted by Gasteiger charge is -2.06. The van der Waals surface area contributed by atoms with Gasteiger partial charge in [-0.15, -0.1) is 0 Å². The van der Waals surface area contributed by atoms with Gasteiger partial charge in [0.25, 0.3) is 0 Å². The van der Waals surface area contributed by atoms with E-state index in [-0.39, 0.29) is 11.7 Å². The zero-order valence-corrected chi connectivity index (χ0v) is 17.4. The number of aliphatic hydroxyl groups is 1. The van der Waals surface area contributed by atoms with Crippen LogP contribution in [0.1, 0.15) is 57.4 Å². The van der Waals surface area contributed by atoms with Crippen molar-refractivity contribution in [1.29, 1.82) is 0 Å². The predicted molar refractivity (Wildman–Crippen MR) is 117 cm³/mol. The monoisotopic (exact) mass is 395 g/mol. The SMILES string of the molecule is CCNC(=O)CCCC=CCC1=C(C=C[C@@H](O)CCc2ccccc2)CCC1=O. The lowest BCUT2D eigenvalue weighted by molar-refractivity contribution is -0.121. The Morgan fingerprint density at radius 2 is 2.00 bits per heavy atom. The average Bonchev–Trinajstić information content (AvgIpc) is 3.08. The molecule has 1 aromatic rings. The molecule has 4 nitrogen and oxygen atoms in total. The van der Waals surface area contributed by atoms with Crippen LogP contribution in [0.5, 0.6) is 0 Å². The van der Waals surface area contributed by atoms with Crippen molar-refractivity contribution >= 4 is 11.7 Å². The molecule has 29 heavy (non-hydrogen) atoms. The van der Waals surface area contributed by atoms with E-state index < -0.39 is 6.10 Å². The first-order chi connectivity index (χ1) is 14.1. The van der Waals surface area contributed by atoms with Gasteiger partial charge >= 0.3 is 0 Å². The maximum atomic E-state index is 12.2. The number of hydrogen-bond donors (Lipinski definition) is 2. The molecule has 1 amide bonds. The van der Waals surface area contributed by atoms with Gasteiger partial charge in [-0.05, 0) is 56.6 Å². The molecule has 0 saturated heterocycles. The van der Waals surface area contributed by atoms with Crippen molar-refractivity contribution in [2.75, 3.05) is 6.54 Å². The van der Waals surface area contributed by atoms with Crippen LogP contribution >= 0.6 is 0 Å². The third-order valence-electron chi connectivity index (χ3n) is 5.07. The van der Waals surface area contributed by atoms with Crippen LogP contribution in [0, 0.1) is 0 Å². The van der Waals surface area contributed by atoms with E-state index in [1.807, 2.05) is 49.4 Å². The first-order valence-electron chi connectivity index (χ1n) is 10.7. The highest BCUT2D eigenvalue weighted by Crippen LogP contribution is 2.27. The van der Waals surface area contributed by atoms with Crippen molar-refractivity contribution in [1.82, 2.24) is 5.32 Å². The lowest BCUT2D eigenvalue weighted by atomic mass is 10.0. The van der Waals surface area contributed by atoms with Gasteiger partial charge in [-0.1, -0.05) is 54.6 Å². The largest absolute Gasteiger partial charge is 0.389 e. The molecule has 0 radical (unpaired) electrons. The second-order valence-electron chi connectivity index (χ2n) is 7.40. The number of hydrogen-bond acceptors (Lipinski definition) is 3. The number of amides is 1. The van der Waals surface area contributed by atoms with Crippen LogP contribution in [0.2, 0.25) is 0 Å². The molecule has 1 aliphatic carbocycles. The van der Waals surface area contributed by atoms with Gasteiger partial charge < -0.3 is 10.4 Å². The van der Waals surface area contributed by atoms with Gasteiger partial charge in [0.15, 0.2) is 5.78 Å². The van der Waals surface area contributed by atoms with E-state index in [4.69, 9.17) is 0 Å². The van der Waals surface area contributed by atoms with Crippen molar-refractivity contribution in [2.45, 2.75) is 64.4 Å². The quantitative estimate of drug-likeness (QED) is 0.406. The highest BCUT2D eigenvalue weighted by atomic mass is 16.3. The normalized spacial score (nSPS) is 15.6. The average molecular weight is 396 g/mol. The predicted octanol–water partition coefficient (Wildman–Crippen LogP) is 4.45. The third-order valence-corrected chi connectivity index (χ3v) is 5.07. The summed E-state index contributed by atoms with van der Waals surface area (Å²) in [4.78, 5) is 23.6. The molecule has 0 spiro atoms. The number of Topliss-reactive ketones (excluding diaryl/α,β-unsaturated/α-hetero) is 1. The fraction of sp³-hybridized carbons (Fsp3) is 0.440. The molecule has 2 rings (SSSR count). The van der Waals surface area contributed by atoms with Crippen molar-refractivity contribution in [3.63, 3.8) is 0 Å². The molecule has 0 aliphatic heterocycles. The Bertz CT molecular complexity index is 747. The summed E-state index contributed by atoms with van der Waals surface area (Å²) in [5.74, 6) is 0.295. The number of aryl methyl sites for hydroxylation is 1. The second-order valence-corrected chi connectivity index (χ2v) is 7.40. The summed E-state index contributed by atoms with van der Waals surface area (Å²) < 4.78 is 0. The molecule has 0 aromatic heterocycles. The zero-order valence-electron chi connectivity index (χ0n) is 17.4. The number of carbonyl (C=O) groups is 2. The van der Waals surface area contributed by atoms with Gasteiger partial charge in [-0.25, -0.2) is 0 Å². The van der Waals surface area contributed by atoms with Gasteiger partial charge in [-0.2, -0.15) is 0 Å². The molecule has 0 unspecified atom stereocenters. The minimum absolute atomic E-state index is 0.0906. The van der Waals surface area contributed by atoms with Crippen molar-refractivity contribution < 1.29 is 14.7 Å². The maximum absolute atomic E-state index is 12.2. The molecule has 0 saturated carbocycles. The highest BCUT2D eigenvalue weighted by molar-refractivity contribution is 5.99. The summed E-state index contributed by atoms with van der Waals surface area (Å²) in [7, 11) is 0. The van der Waals surface area contributed by atoms with Gasteiger partial charge in [0.1, 0.15) is 0 Å². The van der Waals surface area contributed by atoms with E-state index in [2.05, 4.69) is 17.4 Å². The van der Waals surface area contributed by atoms with Crippen LogP contribution in [0.25, 0.3) is 0 Å². The fourth-order valence-electron chi connectivity index (χ4n) is 3.43. The van der Waals surface area contributed by atoms with Gasteiger partial charge in [0, 0.05) is 25.0 Å². The summed E-state index contributed by atoms with van der Waals surface area (Å²) in [6, 6.07) is 10.1. The fourth-order valence-corrected chi connectivity index (χ4v) is 3.43. The van der Waals surface area contributed by atoms with Gasteiger partial charge in [0.05, 0.1) is 6.10 Å². The third kappa shape index (κ3) is 8.61. The molecule has 2 N–H and O–H groups in total. The van der Waals surface area contributed by atoms with Crippen LogP contribution < -0.4 is 5.32 Å². The van der Waals surface area contributed by atoms with Gasteiger partial charge in [-0.3, -0.25) is 9.59 Å². The van der Waals surface area contributed by atoms with Crippen LogP contribution in [0.15, 0.2) is 65.8 Å². The molecular weight excluding hydrogens is 362 g/mol. The van der Waals surface area contributed by atoms with Crippen molar-refractivity contribution in [2.24, 2.45) is 0 Å². The standard InChI is InChI=1S/C25H33NO3/c1-2-26-25(29)13-9-4-3-8-12-23-21(16-19-24(23)28)15-18-22(27)17-14-20-10-6-5-7-11-20/h3,5-8,10-11,15,18,22,27H,2,4,9,12-14,16-17,19H2,1H3,(H,26,29)/t22-/m0/s1. The Hall–Kier alpha value is -2.46. The molecule has 0 heterocycles. The number of allylic oxidation sites excluding steroid dienone is 5. The van der Waals surface area contributed by atoms with E-state index in [0.717, 1.165) is 36.8 Å². The zero-order chi connectivity index (χ0) is 20.9. The Balaban J connectivity index is 1.79. The van der Waals surface area contributed by atoms with Crippen LogP contribution in [-0.2, 0) is 16.0 Å². The van der Waals surface area contributed by atoms with E-state index >= 15 is 0 Å². The minimum atomic E-state index is -0.510. The molecule has 0 bridgehead atoms. The number of benzene rings is 1. The number of unbranched alkanes of at least 4 members (excludes halogenated alkanes) is 1. The van der Waals surface area contributed by atoms with E-state index in [1.165, 1.54) is 5.56 Å². The lowest BCUT2D eigenvalue weighted by Crippen LogP contribution is -2.21. The number of carbonyl (C=O) groups excluding carboxylic acids is 2. The van der Waals surface area contributed by atoms with Gasteiger partial charge in [0.2, 0.25) is 5.91 Å².